The number of aliphatic hydroxyl groups is 1. The maximum absolute atomic E-state index is 13.1. The van der Waals surface area contributed by atoms with Gasteiger partial charge in [-0.3, -0.25) is 0 Å². The van der Waals surface area contributed by atoms with Crippen LogP contribution in [0.3, 0.4) is 0 Å². The van der Waals surface area contributed by atoms with Crippen molar-refractivity contribution in [2.45, 2.75) is 6.10 Å². The lowest BCUT2D eigenvalue weighted by Gasteiger charge is -2.10. The van der Waals surface area contributed by atoms with Gasteiger partial charge in [0.05, 0.1) is 0 Å². The fourth-order valence-corrected chi connectivity index (χ4v) is 3.16. The standard InChI is InChI=1S/C11H7BrClFOS/c12-10-5-16-4-9(10)11(15)6-1-7(13)3-8(14)2-6/h1-5,11,15H. The first kappa shape index (κ1) is 12.0. The lowest BCUT2D eigenvalue weighted by molar-refractivity contribution is 0.219. The molecule has 0 spiro atoms. The minimum atomic E-state index is -0.867. The van der Waals surface area contributed by atoms with Crippen molar-refractivity contribution < 1.29 is 9.50 Å². The maximum Gasteiger partial charge on any atom is 0.125 e. The van der Waals surface area contributed by atoms with Crippen molar-refractivity contribution in [2.75, 3.05) is 0 Å². The number of thiophene rings is 1. The van der Waals surface area contributed by atoms with Crippen LogP contribution >= 0.6 is 38.9 Å². The predicted molar refractivity (Wildman–Crippen MR) is 67.5 cm³/mol. The van der Waals surface area contributed by atoms with Gasteiger partial charge in [-0.2, -0.15) is 11.3 Å². The number of benzene rings is 1. The zero-order valence-corrected chi connectivity index (χ0v) is 11.1. The van der Waals surface area contributed by atoms with Crippen LogP contribution in [0.5, 0.6) is 0 Å². The minimum Gasteiger partial charge on any atom is -0.384 e. The molecule has 0 aliphatic heterocycles. The van der Waals surface area contributed by atoms with Crippen molar-refractivity contribution in [1.29, 1.82) is 0 Å². The molecule has 2 rings (SSSR count). The molecule has 1 heterocycles. The highest BCUT2D eigenvalue weighted by molar-refractivity contribution is 9.10. The van der Waals surface area contributed by atoms with Gasteiger partial charge in [0, 0.05) is 20.4 Å². The molecule has 5 heteroatoms. The van der Waals surface area contributed by atoms with Gasteiger partial charge in [0.15, 0.2) is 0 Å². The molecule has 0 saturated heterocycles. The zero-order valence-electron chi connectivity index (χ0n) is 7.95. The van der Waals surface area contributed by atoms with Gasteiger partial charge < -0.3 is 5.11 Å². The second-order valence-electron chi connectivity index (χ2n) is 3.28. The SMILES string of the molecule is OC(c1cc(F)cc(Cl)c1)c1cscc1Br. The van der Waals surface area contributed by atoms with Gasteiger partial charge in [-0.1, -0.05) is 11.6 Å². The molecular weight excluding hydrogens is 315 g/mol. The molecule has 0 fully saturated rings. The van der Waals surface area contributed by atoms with Gasteiger partial charge >= 0.3 is 0 Å². The fourth-order valence-electron chi connectivity index (χ4n) is 1.40. The maximum atomic E-state index is 13.1. The zero-order chi connectivity index (χ0) is 11.7. The van der Waals surface area contributed by atoms with E-state index in [9.17, 15) is 9.50 Å². The normalized spacial score (nSPS) is 12.8. The summed E-state index contributed by atoms with van der Waals surface area (Å²) in [4.78, 5) is 0. The summed E-state index contributed by atoms with van der Waals surface area (Å²) in [5.74, 6) is -0.451. The number of rotatable bonds is 2. The van der Waals surface area contributed by atoms with Crippen LogP contribution in [-0.2, 0) is 0 Å². The topological polar surface area (TPSA) is 20.2 Å². The third-order valence-electron chi connectivity index (χ3n) is 2.14. The van der Waals surface area contributed by atoms with E-state index in [4.69, 9.17) is 11.6 Å². The van der Waals surface area contributed by atoms with E-state index in [2.05, 4.69) is 15.9 Å². The second kappa shape index (κ2) is 4.84. The fraction of sp³-hybridized carbons (Fsp3) is 0.0909. The molecule has 0 saturated carbocycles. The van der Waals surface area contributed by atoms with Gasteiger partial charge in [0.2, 0.25) is 0 Å². The molecule has 1 aromatic carbocycles. The smallest absolute Gasteiger partial charge is 0.125 e. The van der Waals surface area contributed by atoms with Crippen molar-refractivity contribution in [3.05, 3.63) is 55.4 Å². The van der Waals surface area contributed by atoms with E-state index in [-0.39, 0.29) is 5.02 Å². The van der Waals surface area contributed by atoms with Gasteiger partial charge in [0.1, 0.15) is 11.9 Å². The Kier molecular flexibility index (Phi) is 3.64. The largest absolute Gasteiger partial charge is 0.384 e. The summed E-state index contributed by atoms with van der Waals surface area (Å²) in [6, 6.07) is 4.04. The van der Waals surface area contributed by atoms with Crippen LogP contribution in [0.15, 0.2) is 33.4 Å². The Hall–Kier alpha value is -0.420. The van der Waals surface area contributed by atoms with Crippen molar-refractivity contribution in [1.82, 2.24) is 0 Å². The van der Waals surface area contributed by atoms with E-state index in [0.29, 0.717) is 11.1 Å². The lowest BCUT2D eigenvalue weighted by Crippen LogP contribution is -1.99. The number of halogens is 3. The predicted octanol–water partition coefficient (Wildman–Crippen LogP) is 4.38. The number of hydrogen-bond donors (Lipinski definition) is 1. The van der Waals surface area contributed by atoms with Crippen LogP contribution in [0.2, 0.25) is 5.02 Å². The van der Waals surface area contributed by atoms with Crippen molar-refractivity contribution in [3.63, 3.8) is 0 Å². The van der Waals surface area contributed by atoms with Gasteiger partial charge in [-0.25, -0.2) is 4.39 Å². The average Bonchev–Trinajstić information content (AvgIpc) is 2.62. The Labute approximate surface area is 110 Å². The van der Waals surface area contributed by atoms with Crippen molar-refractivity contribution in [3.8, 4) is 0 Å². The highest BCUT2D eigenvalue weighted by atomic mass is 79.9. The molecule has 0 amide bonds. The lowest BCUT2D eigenvalue weighted by atomic mass is 10.0. The van der Waals surface area contributed by atoms with Crippen LogP contribution in [0.1, 0.15) is 17.2 Å². The third-order valence-corrected chi connectivity index (χ3v) is 4.11. The Morgan fingerprint density at radius 3 is 2.62 bits per heavy atom. The summed E-state index contributed by atoms with van der Waals surface area (Å²) in [5, 5.41) is 14.0. The summed E-state index contributed by atoms with van der Waals surface area (Å²) in [5.41, 5.74) is 1.16. The summed E-state index contributed by atoms with van der Waals surface area (Å²) in [7, 11) is 0. The van der Waals surface area contributed by atoms with Crippen LogP contribution in [0, 0.1) is 5.82 Å². The average molecular weight is 322 g/mol. The van der Waals surface area contributed by atoms with Crippen LogP contribution in [-0.4, -0.2) is 5.11 Å². The first-order valence-electron chi connectivity index (χ1n) is 4.43. The minimum absolute atomic E-state index is 0.278. The Morgan fingerprint density at radius 1 is 1.31 bits per heavy atom. The molecule has 0 aliphatic carbocycles. The highest BCUT2D eigenvalue weighted by Gasteiger charge is 2.15. The molecular formula is C11H7BrClFOS. The van der Waals surface area contributed by atoms with Gasteiger partial charge in [-0.15, -0.1) is 0 Å². The Balaban J connectivity index is 2.41. The van der Waals surface area contributed by atoms with E-state index in [1.54, 1.807) is 6.07 Å². The molecule has 0 bridgehead atoms. The van der Waals surface area contributed by atoms with E-state index < -0.39 is 11.9 Å². The molecule has 1 aromatic heterocycles. The molecule has 16 heavy (non-hydrogen) atoms. The monoisotopic (exact) mass is 320 g/mol. The third kappa shape index (κ3) is 2.46. The summed E-state index contributed by atoms with van der Waals surface area (Å²) >= 11 is 10.5. The van der Waals surface area contributed by atoms with Crippen LogP contribution in [0.4, 0.5) is 4.39 Å². The van der Waals surface area contributed by atoms with Crippen molar-refractivity contribution >= 4 is 38.9 Å². The molecule has 84 valence electrons. The van der Waals surface area contributed by atoms with E-state index in [1.807, 2.05) is 10.8 Å². The Bertz CT molecular complexity index is 494. The van der Waals surface area contributed by atoms with Crippen LogP contribution < -0.4 is 0 Å². The summed E-state index contributed by atoms with van der Waals surface area (Å²) < 4.78 is 13.9. The molecule has 1 nitrogen and oxygen atoms in total. The molecule has 1 N–H and O–H groups in total. The van der Waals surface area contributed by atoms with E-state index in [1.165, 1.54) is 23.5 Å². The Morgan fingerprint density at radius 2 is 2.06 bits per heavy atom. The van der Waals surface area contributed by atoms with Gasteiger partial charge in [-0.05, 0) is 45.1 Å². The molecule has 2 aromatic rings. The number of hydrogen-bond acceptors (Lipinski definition) is 2. The first-order valence-corrected chi connectivity index (χ1v) is 6.55. The van der Waals surface area contributed by atoms with Gasteiger partial charge in [0.25, 0.3) is 0 Å². The molecule has 1 atom stereocenters. The summed E-state index contributed by atoms with van der Waals surface area (Å²) in [6.07, 6.45) is -0.867. The summed E-state index contributed by atoms with van der Waals surface area (Å²) in [6.45, 7) is 0. The second-order valence-corrected chi connectivity index (χ2v) is 5.31. The van der Waals surface area contributed by atoms with E-state index in [0.717, 1.165) is 4.47 Å². The molecule has 1 unspecified atom stereocenters. The van der Waals surface area contributed by atoms with Crippen molar-refractivity contribution in [2.24, 2.45) is 0 Å². The molecule has 0 aliphatic rings. The highest BCUT2D eigenvalue weighted by Crippen LogP contribution is 2.32. The first-order chi connectivity index (χ1) is 7.58. The molecule has 0 radical (unpaired) electrons. The number of aliphatic hydroxyl groups excluding tert-OH is 1. The van der Waals surface area contributed by atoms with Crippen LogP contribution in [0.25, 0.3) is 0 Å². The van der Waals surface area contributed by atoms with E-state index >= 15 is 0 Å². The quantitative estimate of drug-likeness (QED) is 0.870.